The lowest BCUT2D eigenvalue weighted by molar-refractivity contribution is -0.140. The number of benzene rings is 2. The van der Waals surface area contributed by atoms with Gasteiger partial charge in [0, 0.05) is 17.7 Å². The number of allylic oxidation sites excluding steroid dienone is 1. The largest absolute Gasteiger partial charge is 0.478 e. The average Bonchev–Trinajstić information content (AvgIpc) is 2.82. The number of aliphatic carboxylic acids is 1. The lowest BCUT2D eigenvalue weighted by Gasteiger charge is -2.05. The molecular weight excluding hydrogens is 396 g/mol. The molecule has 0 spiro atoms. The van der Waals surface area contributed by atoms with Gasteiger partial charge in [-0.1, -0.05) is 79.9 Å². The molecule has 0 radical (unpaired) electrons. The van der Waals surface area contributed by atoms with Crippen molar-refractivity contribution >= 4 is 17.9 Å². The first-order valence-electron chi connectivity index (χ1n) is 9.31. The quantitative estimate of drug-likeness (QED) is 0.519. The molecule has 0 aromatic heterocycles. The molecule has 2 rings (SSSR count). The van der Waals surface area contributed by atoms with Crippen LogP contribution in [0.15, 0.2) is 97.6 Å². The predicted molar refractivity (Wildman–Crippen MR) is 120 cm³/mol. The van der Waals surface area contributed by atoms with Crippen molar-refractivity contribution in [2.24, 2.45) is 0 Å². The molecule has 0 heterocycles. The van der Waals surface area contributed by atoms with E-state index in [1.807, 2.05) is 66.7 Å². The van der Waals surface area contributed by atoms with Crippen molar-refractivity contribution in [1.29, 1.82) is 0 Å². The second kappa shape index (κ2) is 17.0. The summed E-state index contributed by atoms with van der Waals surface area (Å²) in [7, 11) is 1.31. The maximum atomic E-state index is 11.8. The fourth-order valence-corrected chi connectivity index (χ4v) is 1.89. The van der Waals surface area contributed by atoms with Gasteiger partial charge >= 0.3 is 17.9 Å². The van der Waals surface area contributed by atoms with Gasteiger partial charge in [0.15, 0.2) is 0 Å². The number of carbonyl (C=O) groups is 3. The Kier molecular flexibility index (Phi) is 14.8. The van der Waals surface area contributed by atoms with E-state index < -0.39 is 11.9 Å². The van der Waals surface area contributed by atoms with Crippen LogP contribution in [0.2, 0.25) is 0 Å². The number of carboxylic acids is 1. The van der Waals surface area contributed by atoms with Crippen molar-refractivity contribution < 1.29 is 29.0 Å². The standard InChI is InChI=1S/C18H18O2.C4H6O2.C3H4O2/c1-15(12-13-16-8-4-2-5-9-16)18(19)20-14-17-10-6-3-7-11-17;1-3-4(5)6-2;1-2-3(4)5/h2-12H,13-14H2,1H3;3H,1H2,2H3;2H,1H2,(H,4,5). The Morgan fingerprint density at radius 2 is 1.39 bits per heavy atom. The molecule has 164 valence electrons. The Morgan fingerprint density at radius 1 is 0.903 bits per heavy atom. The third-order valence-electron chi connectivity index (χ3n) is 3.56. The molecular formula is C25H28O6. The van der Waals surface area contributed by atoms with Crippen molar-refractivity contribution in [2.45, 2.75) is 20.0 Å². The number of carbonyl (C=O) groups excluding carboxylic acids is 2. The van der Waals surface area contributed by atoms with Gasteiger partial charge in [-0.15, -0.1) is 0 Å². The van der Waals surface area contributed by atoms with Gasteiger partial charge in [-0.2, -0.15) is 0 Å². The fourth-order valence-electron chi connectivity index (χ4n) is 1.89. The topological polar surface area (TPSA) is 89.9 Å². The molecule has 0 aliphatic heterocycles. The zero-order valence-electron chi connectivity index (χ0n) is 17.8. The molecule has 6 nitrogen and oxygen atoms in total. The van der Waals surface area contributed by atoms with Crippen LogP contribution >= 0.6 is 0 Å². The van der Waals surface area contributed by atoms with Crippen molar-refractivity contribution in [1.82, 2.24) is 0 Å². The molecule has 1 N–H and O–H groups in total. The summed E-state index contributed by atoms with van der Waals surface area (Å²) in [5.74, 6) is -1.63. The molecule has 0 aliphatic carbocycles. The summed E-state index contributed by atoms with van der Waals surface area (Å²) >= 11 is 0. The first-order chi connectivity index (χ1) is 14.8. The number of methoxy groups -OCH3 is 1. The van der Waals surface area contributed by atoms with Crippen molar-refractivity contribution in [2.75, 3.05) is 7.11 Å². The van der Waals surface area contributed by atoms with E-state index in [0.29, 0.717) is 12.2 Å². The number of ether oxygens (including phenoxy) is 2. The van der Waals surface area contributed by atoms with E-state index in [1.165, 1.54) is 12.7 Å². The molecule has 6 heteroatoms. The number of carboxylic acid groups (broad SMARTS) is 1. The highest BCUT2D eigenvalue weighted by Gasteiger charge is 2.05. The van der Waals surface area contributed by atoms with E-state index in [0.717, 1.165) is 24.1 Å². The Labute approximate surface area is 183 Å². The summed E-state index contributed by atoms with van der Waals surface area (Å²) in [6.07, 6.45) is 4.59. The van der Waals surface area contributed by atoms with E-state index in [2.05, 4.69) is 17.9 Å². The number of rotatable bonds is 7. The van der Waals surface area contributed by atoms with Gasteiger partial charge in [-0.3, -0.25) is 0 Å². The molecule has 0 amide bonds. The van der Waals surface area contributed by atoms with E-state index in [4.69, 9.17) is 9.84 Å². The highest BCUT2D eigenvalue weighted by Crippen LogP contribution is 2.07. The van der Waals surface area contributed by atoms with Crippen LogP contribution in [0, 0.1) is 0 Å². The zero-order valence-corrected chi connectivity index (χ0v) is 17.8. The summed E-state index contributed by atoms with van der Waals surface area (Å²) in [6, 6.07) is 19.7. The third-order valence-corrected chi connectivity index (χ3v) is 3.56. The van der Waals surface area contributed by atoms with Crippen molar-refractivity contribution in [3.8, 4) is 0 Å². The lowest BCUT2D eigenvalue weighted by Crippen LogP contribution is -2.06. The Balaban J connectivity index is 0.000000679. The smallest absolute Gasteiger partial charge is 0.333 e. The molecule has 2 aromatic rings. The summed E-state index contributed by atoms with van der Waals surface area (Å²) < 4.78 is 9.41. The number of esters is 2. The summed E-state index contributed by atoms with van der Waals surface area (Å²) in [5.41, 5.74) is 2.82. The van der Waals surface area contributed by atoms with Gasteiger partial charge in [0.25, 0.3) is 0 Å². The molecule has 2 aromatic carbocycles. The van der Waals surface area contributed by atoms with Crippen LogP contribution in [0.5, 0.6) is 0 Å². The highest BCUT2D eigenvalue weighted by molar-refractivity contribution is 5.87. The van der Waals surface area contributed by atoms with E-state index in [-0.39, 0.29) is 5.97 Å². The van der Waals surface area contributed by atoms with Crippen LogP contribution < -0.4 is 0 Å². The molecule has 0 aliphatic rings. The van der Waals surface area contributed by atoms with Gasteiger partial charge in [-0.05, 0) is 24.5 Å². The zero-order chi connectivity index (χ0) is 23.5. The second-order valence-corrected chi connectivity index (χ2v) is 5.91. The minimum absolute atomic E-state index is 0.259. The van der Waals surface area contributed by atoms with Gasteiger partial charge < -0.3 is 14.6 Å². The minimum atomic E-state index is -0.981. The van der Waals surface area contributed by atoms with Crippen LogP contribution in [0.1, 0.15) is 18.1 Å². The summed E-state index contributed by atoms with van der Waals surface area (Å²) in [6.45, 7) is 8.22. The SMILES string of the molecule is C=CC(=O)O.C=CC(=O)OC.CC(=CCc1ccccc1)C(=O)OCc1ccccc1. The second-order valence-electron chi connectivity index (χ2n) is 5.91. The molecule has 0 unspecified atom stereocenters. The van der Waals surface area contributed by atoms with E-state index in [1.54, 1.807) is 6.92 Å². The van der Waals surface area contributed by atoms with Gasteiger partial charge in [0.1, 0.15) is 6.61 Å². The summed E-state index contributed by atoms with van der Waals surface area (Å²) in [4.78, 5) is 30.9. The molecule has 0 atom stereocenters. The van der Waals surface area contributed by atoms with Crippen LogP contribution in [0.3, 0.4) is 0 Å². The lowest BCUT2D eigenvalue weighted by atomic mass is 10.1. The highest BCUT2D eigenvalue weighted by atomic mass is 16.5. The Morgan fingerprint density at radius 3 is 1.77 bits per heavy atom. The first kappa shape index (κ1) is 27.1. The molecule has 0 saturated carbocycles. The van der Waals surface area contributed by atoms with Crippen LogP contribution in [-0.4, -0.2) is 30.1 Å². The van der Waals surface area contributed by atoms with Crippen LogP contribution in [0.25, 0.3) is 0 Å². The minimum Gasteiger partial charge on any atom is -0.478 e. The Bertz CT molecular complexity index is 854. The fraction of sp³-hybridized carbons (Fsp3) is 0.160. The molecule has 31 heavy (non-hydrogen) atoms. The van der Waals surface area contributed by atoms with Gasteiger partial charge in [0.2, 0.25) is 0 Å². The number of hydrogen-bond donors (Lipinski definition) is 1. The monoisotopic (exact) mass is 424 g/mol. The summed E-state index contributed by atoms with van der Waals surface area (Å²) in [5, 5.41) is 7.60. The third kappa shape index (κ3) is 14.7. The normalized spacial score (nSPS) is 9.55. The first-order valence-corrected chi connectivity index (χ1v) is 9.31. The van der Waals surface area contributed by atoms with Crippen LogP contribution in [0.4, 0.5) is 0 Å². The maximum Gasteiger partial charge on any atom is 0.333 e. The van der Waals surface area contributed by atoms with Gasteiger partial charge in [0.05, 0.1) is 7.11 Å². The molecule has 0 bridgehead atoms. The van der Waals surface area contributed by atoms with Crippen molar-refractivity contribution in [3.63, 3.8) is 0 Å². The predicted octanol–water partition coefficient (Wildman–Crippen LogP) is 4.52. The molecule has 0 fully saturated rings. The average molecular weight is 424 g/mol. The molecule has 0 saturated heterocycles. The van der Waals surface area contributed by atoms with E-state index in [9.17, 15) is 14.4 Å². The number of hydrogen-bond acceptors (Lipinski definition) is 5. The van der Waals surface area contributed by atoms with E-state index >= 15 is 0 Å². The van der Waals surface area contributed by atoms with Crippen molar-refractivity contribution in [3.05, 3.63) is 109 Å². The Hall–Kier alpha value is -3.93. The van der Waals surface area contributed by atoms with Gasteiger partial charge in [-0.25, -0.2) is 14.4 Å². The maximum absolute atomic E-state index is 11.8. The van der Waals surface area contributed by atoms with Crippen LogP contribution in [-0.2, 0) is 36.9 Å².